The Hall–Kier alpha value is -1.14. The van der Waals surface area contributed by atoms with Crippen LogP contribution >= 0.6 is 0 Å². The molecule has 2 rings (SSSR count). The molecule has 0 unspecified atom stereocenters. The molecule has 5 nitrogen and oxygen atoms in total. The van der Waals surface area contributed by atoms with Gasteiger partial charge in [0.1, 0.15) is 0 Å². The number of nitrogens with zero attached hydrogens (tertiary/aromatic N) is 2. The van der Waals surface area contributed by atoms with E-state index < -0.39 is 7.12 Å². The van der Waals surface area contributed by atoms with Gasteiger partial charge in [0.25, 0.3) is 0 Å². The summed E-state index contributed by atoms with van der Waals surface area (Å²) >= 11 is 0. The summed E-state index contributed by atoms with van der Waals surface area (Å²) in [4.78, 5) is 7.85. The van der Waals surface area contributed by atoms with E-state index in [9.17, 15) is 0 Å². The van der Waals surface area contributed by atoms with Crippen LogP contribution in [0, 0.1) is 0 Å². The molecule has 0 saturated carbocycles. The smallest absolute Gasteiger partial charge is 0.399 e. The molecule has 1 aromatic heterocycles. The molecule has 0 aromatic carbocycles. The van der Waals surface area contributed by atoms with Crippen LogP contribution in [0.3, 0.4) is 0 Å². The van der Waals surface area contributed by atoms with Crippen LogP contribution in [0.4, 0.5) is 5.95 Å². The van der Waals surface area contributed by atoms with Gasteiger partial charge in [0, 0.05) is 17.9 Å². The molecule has 0 aliphatic carbocycles. The van der Waals surface area contributed by atoms with Gasteiger partial charge in [-0.05, 0) is 27.7 Å². The summed E-state index contributed by atoms with van der Waals surface area (Å²) in [6, 6.07) is 0. The average molecular weight is 281 g/mol. The van der Waals surface area contributed by atoms with E-state index >= 15 is 0 Å². The maximum absolute atomic E-state index is 5.85. The first-order valence-corrected chi connectivity index (χ1v) is 7.25. The summed E-state index contributed by atoms with van der Waals surface area (Å²) in [5.74, 6) is 0.250. The number of nitrogen functional groups attached to an aromatic ring is 1. The zero-order valence-corrected chi connectivity index (χ0v) is 14.0. The lowest BCUT2D eigenvalue weighted by molar-refractivity contribution is 0.00578. The number of rotatable bonds is 1. The molecule has 0 amide bonds. The molecule has 0 radical (unpaired) electrons. The van der Waals surface area contributed by atoms with Gasteiger partial charge in [-0.3, -0.25) is 0 Å². The van der Waals surface area contributed by atoms with Gasteiger partial charge in [-0.1, -0.05) is 27.7 Å². The van der Waals surface area contributed by atoms with Gasteiger partial charge < -0.3 is 15.0 Å². The SMILES string of the molecule is CC.CC.CC1(C)OB(c2cnc(N)nc2)OC1(C)C. The van der Waals surface area contributed by atoms with Crippen LogP contribution in [0.15, 0.2) is 12.4 Å². The summed E-state index contributed by atoms with van der Waals surface area (Å²) < 4.78 is 11.7. The van der Waals surface area contributed by atoms with Crippen LogP contribution in [-0.2, 0) is 9.31 Å². The fourth-order valence-corrected chi connectivity index (χ4v) is 1.45. The molecule has 0 spiro atoms. The van der Waals surface area contributed by atoms with E-state index in [0.717, 1.165) is 5.46 Å². The van der Waals surface area contributed by atoms with Gasteiger partial charge >= 0.3 is 7.12 Å². The number of hydrogen-bond acceptors (Lipinski definition) is 5. The van der Waals surface area contributed by atoms with Crippen molar-refractivity contribution >= 4 is 18.5 Å². The van der Waals surface area contributed by atoms with E-state index in [1.807, 2.05) is 55.4 Å². The molecule has 1 aliphatic rings. The monoisotopic (exact) mass is 281 g/mol. The largest absolute Gasteiger partial charge is 0.498 e. The normalized spacial score (nSPS) is 18.5. The molecule has 1 fully saturated rings. The van der Waals surface area contributed by atoms with E-state index in [4.69, 9.17) is 15.0 Å². The third-order valence-electron chi connectivity index (χ3n) is 3.22. The predicted molar refractivity (Wildman–Crippen MR) is 84.9 cm³/mol. The third-order valence-corrected chi connectivity index (χ3v) is 3.22. The first-order chi connectivity index (χ1) is 9.32. The Kier molecular flexibility index (Phi) is 7.16. The zero-order valence-electron chi connectivity index (χ0n) is 14.0. The van der Waals surface area contributed by atoms with E-state index in [0.29, 0.717) is 0 Å². The molecule has 6 heteroatoms. The van der Waals surface area contributed by atoms with E-state index in [2.05, 4.69) is 9.97 Å². The number of nitrogens with two attached hydrogens (primary N) is 1. The lowest BCUT2D eigenvalue weighted by atomic mass is 9.81. The minimum absolute atomic E-state index is 0.250. The summed E-state index contributed by atoms with van der Waals surface area (Å²) in [6.45, 7) is 16.0. The van der Waals surface area contributed by atoms with Crippen LogP contribution in [0.25, 0.3) is 0 Å². The molecule has 0 bridgehead atoms. The van der Waals surface area contributed by atoms with Crippen molar-refractivity contribution in [2.75, 3.05) is 5.73 Å². The highest BCUT2D eigenvalue weighted by atomic mass is 16.7. The van der Waals surface area contributed by atoms with Crippen molar-refractivity contribution in [1.82, 2.24) is 9.97 Å². The van der Waals surface area contributed by atoms with Crippen molar-refractivity contribution in [3.05, 3.63) is 12.4 Å². The van der Waals surface area contributed by atoms with Crippen molar-refractivity contribution < 1.29 is 9.31 Å². The van der Waals surface area contributed by atoms with Crippen LogP contribution in [0.5, 0.6) is 0 Å². The van der Waals surface area contributed by atoms with Crippen LogP contribution in [0.2, 0.25) is 0 Å². The molecule has 2 N–H and O–H groups in total. The molecule has 1 aliphatic heterocycles. The van der Waals surface area contributed by atoms with Crippen molar-refractivity contribution in [2.45, 2.75) is 66.6 Å². The van der Waals surface area contributed by atoms with Crippen LogP contribution < -0.4 is 11.2 Å². The Labute approximate surface area is 123 Å². The van der Waals surface area contributed by atoms with E-state index in [1.54, 1.807) is 12.4 Å². The maximum atomic E-state index is 5.85. The van der Waals surface area contributed by atoms with Gasteiger partial charge in [0.2, 0.25) is 5.95 Å². The van der Waals surface area contributed by atoms with Gasteiger partial charge in [-0.2, -0.15) is 0 Å². The maximum Gasteiger partial charge on any atom is 0.498 e. The Balaban J connectivity index is 0.000000829. The second-order valence-corrected chi connectivity index (χ2v) is 4.96. The van der Waals surface area contributed by atoms with Crippen molar-refractivity contribution in [1.29, 1.82) is 0 Å². The Morgan fingerprint density at radius 1 is 0.900 bits per heavy atom. The third kappa shape index (κ3) is 4.18. The summed E-state index contributed by atoms with van der Waals surface area (Å²) in [7, 11) is -0.425. The van der Waals surface area contributed by atoms with Gasteiger partial charge in [-0.25, -0.2) is 9.97 Å². The Bertz CT molecular complexity index is 378. The predicted octanol–water partition coefficient (Wildman–Crippen LogP) is 2.41. The van der Waals surface area contributed by atoms with E-state index in [1.165, 1.54) is 0 Å². The van der Waals surface area contributed by atoms with E-state index in [-0.39, 0.29) is 17.2 Å². The molecule has 0 atom stereocenters. The fourth-order valence-electron chi connectivity index (χ4n) is 1.45. The Morgan fingerprint density at radius 2 is 1.25 bits per heavy atom. The second kappa shape index (κ2) is 7.60. The minimum atomic E-state index is -0.425. The lowest BCUT2D eigenvalue weighted by Crippen LogP contribution is -2.41. The minimum Gasteiger partial charge on any atom is -0.399 e. The first-order valence-electron chi connectivity index (χ1n) is 7.25. The second-order valence-electron chi connectivity index (χ2n) is 4.96. The number of aromatic nitrogens is 2. The highest BCUT2D eigenvalue weighted by Gasteiger charge is 2.51. The number of hydrogen-bond donors (Lipinski definition) is 1. The fraction of sp³-hybridized carbons (Fsp3) is 0.714. The van der Waals surface area contributed by atoms with Crippen molar-refractivity contribution in [3.8, 4) is 0 Å². The highest BCUT2D eigenvalue weighted by Crippen LogP contribution is 2.36. The van der Waals surface area contributed by atoms with Crippen LogP contribution in [-0.4, -0.2) is 28.3 Å². The summed E-state index contributed by atoms with van der Waals surface area (Å²) in [5.41, 5.74) is 5.52. The standard InChI is InChI=1S/C10H16BN3O2.2C2H6/c1-9(2)10(3,4)16-11(15-9)7-5-13-8(12)14-6-7;2*1-2/h5-6H,1-4H3,(H2,12,13,14);2*1-2H3. The molecular weight excluding hydrogens is 253 g/mol. The Morgan fingerprint density at radius 3 is 1.60 bits per heavy atom. The number of anilines is 1. The molecule has 2 heterocycles. The van der Waals surface area contributed by atoms with Gasteiger partial charge in [0.05, 0.1) is 11.2 Å². The molecule has 114 valence electrons. The molecule has 1 saturated heterocycles. The van der Waals surface area contributed by atoms with Gasteiger partial charge in [0.15, 0.2) is 0 Å². The zero-order chi connectivity index (χ0) is 16.0. The highest BCUT2D eigenvalue weighted by molar-refractivity contribution is 6.61. The summed E-state index contributed by atoms with van der Waals surface area (Å²) in [5, 5.41) is 0. The molecular formula is C14H28BN3O2. The molecule has 1 aromatic rings. The first kappa shape index (κ1) is 18.9. The summed E-state index contributed by atoms with van der Waals surface area (Å²) in [6.07, 6.45) is 3.26. The quantitative estimate of drug-likeness (QED) is 0.800. The van der Waals surface area contributed by atoms with Crippen LogP contribution in [0.1, 0.15) is 55.4 Å². The topological polar surface area (TPSA) is 70.3 Å². The average Bonchev–Trinajstić information content (AvgIpc) is 2.64. The van der Waals surface area contributed by atoms with Crippen molar-refractivity contribution in [2.24, 2.45) is 0 Å². The van der Waals surface area contributed by atoms with Crippen molar-refractivity contribution in [3.63, 3.8) is 0 Å². The lowest BCUT2D eigenvalue weighted by Gasteiger charge is -2.32. The molecule has 20 heavy (non-hydrogen) atoms. The van der Waals surface area contributed by atoms with Gasteiger partial charge in [-0.15, -0.1) is 0 Å².